The molecule has 3 amide bonds. The summed E-state index contributed by atoms with van der Waals surface area (Å²) in [5.41, 5.74) is 1.43. The normalized spacial score (nSPS) is 18.7. The number of hydrogen-bond acceptors (Lipinski definition) is 8. The minimum atomic E-state index is -1.24. The van der Waals surface area contributed by atoms with Crippen molar-refractivity contribution in [1.82, 2.24) is 19.5 Å². The zero-order valence-corrected chi connectivity index (χ0v) is 25.3. The Bertz CT molecular complexity index is 1590. The largest absolute Gasteiger partial charge is 0.487 e. The summed E-state index contributed by atoms with van der Waals surface area (Å²) >= 11 is 7.48. The lowest BCUT2D eigenvalue weighted by Gasteiger charge is -2.36. The number of carbonyl (C=O) groups excluding carboxylic acids is 3. The van der Waals surface area contributed by atoms with Gasteiger partial charge in [-0.3, -0.25) is 24.3 Å². The van der Waals surface area contributed by atoms with E-state index in [-0.39, 0.29) is 29.6 Å². The summed E-state index contributed by atoms with van der Waals surface area (Å²) in [4.78, 5) is 58.7. The first kappa shape index (κ1) is 30.2. The maximum atomic E-state index is 14.4. The Labute approximate surface area is 257 Å². The van der Waals surface area contributed by atoms with Gasteiger partial charge in [-0.25, -0.2) is 9.17 Å². The predicted octanol–water partition coefficient (Wildman–Crippen LogP) is 4.73. The number of benzene rings is 2. The van der Waals surface area contributed by atoms with Crippen LogP contribution in [0.3, 0.4) is 0 Å². The standard InChI is InChI=1S/C30H30ClN5O6S/c1-30(2,3)42-23-12-18(22(37)13-25(39)40)6-9-21(23)28-34-26(19-14-33-43-16-19)27(17-4-7-20(31)8-5-17)36(28)29(41)35-11-10-32-24(38)15-35/h4-9,12,14,16,26-27H,10-11,13,15H2,1-3H3,(H,32,38)(H,39,40)/t26-,27+/m0/s1. The molecule has 3 heterocycles. The molecule has 0 spiro atoms. The molecule has 3 aromatic rings. The molecule has 0 saturated carbocycles. The molecule has 2 aliphatic rings. The Balaban J connectivity index is 1.69. The Hall–Kier alpha value is -4.29. The van der Waals surface area contributed by atoms with E-state index in [1.165, 1.54) is 28.6 Å². The number of amides is 3. The number of ketones is 1. The number of Topliss-reactive ketones (excluding diaryl/α,β-unsaturated/α-hetero) is 1. The monoisotopic (exact) mass is 623 g/mol. The van der Waals surface area contributed by atoms with Crippen LogP contribution in [0.1, 0.15) is 66.3 Å². The molecular formula is C30H30ClN5O6S. The minimum Gasteiger partial charge on any atom is -0.487 e. The highest BCUT2D eigenvalue weighted by Gasteiger charge is 2.45. The molecule has 13 heteroatoms. The van der Waals surface area contributed by atoms with E-state index in [1.807, 2.05) is 38.3 Å². The lowest BCUT2D eigenvalue weighted by atomic mass is 9.95. The third-order valence-electron chi connectivity index (χ3n) is 6.86. The zero-order valence-electron chi connectivity index (χ0n) is 23.7. The van der Waals surface area contributed by atoms with Gasteiger partial charge in [0.05, 0.1) is 11.6 Å². The molecular weight excluding hydrogens is 594 g/mol. The molecule has 1 saturated heterocycles. The summed E-state index contributed by atoms with van der Waals surface area (Å²) in [6, 6.07) is 10.2. The summed E-state index contributed by atoms with van der Waals surface area (Å²) < 4.78 is 10.6. The number of rotatable bonds is 7. The van der Waals surface area contributed by atoms with E-state index >= 15 is 0 Å². The molecule has 0 bridgehead atoms. The van der Waals surface area contributed by atoms with Crippen LogP contribution in [-0.2, 0) is 9.59 Å². The number of hydrogen-bond donors (Lipinski definition) is 2. The number of carbonyl (C=O) groups is 4. The fraction of sp³-hybridized carbons (Fsp3) is 0.333. The van der Waals surface area contributed by atoms with Gasteiger partial charge in [-0.15, -0.1) is 0 Å². The van der Waals surface area contributed by atoms with Crippen molar-refractivity contribution in [3.8, 4) is 5.75 Å². The van der Waals surface area contributed by atoms with Crippen LogP contribution in [0.5, 0.6) is 5.75 Å². The van der Waals surface area contributed by atoms with Crippen molar-refractivity contribution in [2.24, 2.45) is 4.99 Å². The predicted molar refractivity (Wildman–Crippen MR) is 161 cm³/mol. The lowest BCUT2D eigenvalue weighted by molar-refractivity contribution is -0.136. The quantitative estimate of drug-likeness (QED) is 0.286. The van der Waals surface area contributed by atoms with Gasteiger partial charge in [-0.1, -0.05) is 29.8 Å². The van der Waals surface area contributed by atoms with Crippen molar-refractivity contribution in [2.75, 3.05) is 19.6 Å². The molecule has 2 aromatic carbocycles. The summed E-state index contributed by atoms with van der Waals surface area (Å²) in [5, 5.41) is 14.3. The van der Waals surface area contributed by atoms with Gasteiger partial charge in [0.15, 0.2) is 5.78 Å². The Morgan fingerprint density at radius 3 is 2.51 bits per heavy atom. The van der Waals surface area contributed by atoms with E-state index in [0.717, 1.165) is 11.1 Å². The van der Waals surface area contributed by atoms with E-state index < -0.39 is 41.9 Å². The molecule has 0 unspecified atom stereocenters. The maximum Gasteiger partial charge on any atom is 0.326 e. The molecule has 0 aliphatic carbocycles. The Kier molecular flexibility index (Phi) is 8.52. The van der Waals surface area contributed by atoms with Crippen molar-refractivity contribution in [2.45, 2.75) is 44.9 Å². The second kappa shape index (κ2) is 12.1. The number of nitrogens with one attached hydrogen (secondary N) is 1. The highest BCUT2D eigenvalue weighted by molar-refractivity contribution is 7.03. The highest BCUT2D eigenvalue weighted by atomic mass is 35.5. The van der Waals surface area contributed by atoms with Crippen molar-refractivity contribution in [1.29, 1.82) is 0 Å². The average Bonchev–Trinajstić information content (AvgIpc) is 3.60. The summed E-state index contributed by atoms with van der Waals surface area (Å²) in [6.07, 6.45) is 1.03. The maximum absolute atomic E-state index is 14.4. The summed E-state index contributed by atoms with van der Waals surface area (Å²) in [7, 11) is 0. The van der Waals surface area contributed by atoms with E-state index in [9.17, 15) is 24.3 Å². The van der Waals surface area contributed by atoms with E-state index in [2.05, 4.69) is 9.69 Å². The molecule has 5 rings (SSSR count). The second-order valence-corrected chi connectivity index (χ2v) is 12.3. The minimum absolute atomic E-state index is 0.116. The van der Waals surface area contributed by atoms with Crippen molar-refractivity contribution >= 4 is 52.7 Å². The number of piperazine rings is 1. The van der Waals surface area contributed by atoms with Gasteiger partial charge in [0.2, 0.25) is 5.91 Å². The number of ether oxygens (including phenoxy) is 1. The van der Waals surface area contributed by atoms with Crippen LogP contribution in [0.25, 0.3) is 0 Å². The summed E-state index contributed by atoms with van der Waals surface area (Å²) in [5.74, 6) is -1.55. The molecule has 2 aliphatic heterocycles. The molecule has 0 radical (unpaired) electrons. The third-order valence-corrected chi connectivity index (χ3v) is 7.72. The first-order valence-corrected chi connectivity index (χ1v) is 14.8. The van der Waals surface area contributed by atoms with Crippen LogP contribution in [0.2, 0.25) is 5.02 Å². The van der Waals surface area contributed by atoms with Gasteiger partial charge >= 0.3 is 12.0 Å². The first-order valence-electron chi connectivity index (χ1n) is 13.6. The first-order chi connectivity index (χ1) is 20.4. The molecule has 2 N–H and O–H groups in total. The van der Waals surface area contributed by atoms with Crippen molar-refractivity contribution in [3.05, 3.63) is 81.3 Å². The number of carboxylic acids is 1. The van der Waals surface area contributed by atoms with Crippen molar-refractivity contribution in [3.63, 3.8) is 0 Å². The van der Waals surface area contributed by atoms with E-state index in [1.54, 1.807) is 29.3 Å². The molecule has 2 atom stereocenters. The number of amidine groups is 1. The fourth-order valence-corrected chi connectivity index (χ4v) is 5.73. The molecule has 43 heavy (non-hydrogen) atoms. The smallest absolute Gasteiger partial charge is 0.326 e. The number of carboxylic acid groups (broad SMARTS) is 1. The lowest BCUT2D eigenvalue weighted by Crippen LogP contribution is -2.55. The summed E-state index contributed by atoms with van der Waals surface area (Å²) in [6.45, 7) is 6.02. The van der Waals surface area contributed by atoms with Crippen LogP contribution < -0.4 is 10.1 Å². The molecule has 11 nitrogen and oxygen atoms in total. The van der Waals surface area contributed by atoms with Gasteiger partial charge < -0.3 is 20.1 Å². The van der Waals surface area contributed by atoms with Gasteiger partial charge in [-0.2, -0.15) is 0 Å². The Morgan fingerprint density at radius 1 is 1.14 bits per heavy atom. The van der Waals surface area contributed by atoms with Crippen molar-refractivity contribution < 1.29 is 29.0 Å². The highest BCUT2D eigenvalue weighted by Crippen LogP contribution is 2.45. The van der Waals surface area contributed by atoms with Crippen LogP contribution in [0.15, 0.2) is 59.0 Å². The number of nitrogens with zero attached hydrogens (tertiary/aromatic N) is 4. The van der Waals surface area contributed by atoms with Crippen LogP contribution in [0, 0.1) is 0 Å². The molecule has 1 fully saturated rings. The molecule has 224 valence electrons. The van der Waals surface area contributed by atoms with Gasteiger partial charge in [0, 0.05) is 40.8 Å². The number of halogens is 1. The third kappa shape index (κ3) is 6.70. The van der Waals surface area contributed by atoms with Gasteiger partial charge in [0.1, 0.15) is 36.2 Å². The van der Waals surface area contributed by atoms with E-state index in [0.29, 0.717) is 23.7 Å². The zero-order chi connectivity index (χ0) is 30.9. The molecule has 1 aromatic heterocycles. The van der Waals surface area contributed by atoms with Gasteiger partial charge in [0.25, 0.3) is 0 Å². The number of aliphatic carboxylic acids is 1. The Morgan fingerprint density at radius 2 is 1.88 bits per heavy atom. The van der Waals surface area contributed by atoms with Crippen LogP contribution >= 0.6 is 23.1 Å². The second-order valence-electron chi connectivity index (χ2n) is 11.2. The van der Waals surface area contributed by atoms with Gasteiger partial charge in [-0.05, 0) is 62.1 Å². The average molecular weight is 624 g/mol. The number of urea groups is 1. The topological polar surface area (TPSA) is 142 Å². The van der Waals surface area contributed by atoms with Crippen LogP contribution in [0.4, 0.5) is 4.79 Å². The SMILES string of the molecule is CC(C)(C)Oc1cc(C(=O)CC(=O)O)ccc1C1=N[C@@H](c2cnsc2)[C@@H](c2ccc(Cl)cc2)N1C(=O)N1CCNC(=O)C1. The number of aromatic nitrogens is 1. The van der Waals surface area contributed by atoms with E-state index in [4.69, 9.17) is 21.3 Å². The van der Waals surface area contributed by atoms with Crippen LogP contribution in [-0.4, -0.2) is 74.0 Å². The fourth-order valence-electron chi connectivity index (χ4n) is 5.04. The number of aliphatic imine (C=N–C) groups is 1.